The molecule has 0 aliphatic carbocycles. The maximum atomic E-state index is 11.8. The van der Waals surface area contributed by atoms with Crippen LogP contribution in [-0.4, -0.2) is 36.3 Å². The highest BCUT2D eigenvalue weighted by Gasteiger charge is 2.18. The minimum absolute atomic E-state index is 0.00796. The van der Waals surface area contributed by atoms with Gasteiger partial charge in [0.2, 0.25) is 11.8 Å². The summed E-state index contributed by atoms with van der Waals surface area (Å²) in [5, 5.41) is 3.35. The molecule has 1 N–H and O–H groups in total. The molecular weight excluding hydrogens is 276 g/mol. The number of carbonyl (C=O) groups is 2. The van der Waals surface area contributed by atoms with Crippen LogP contribution in [0.1, 0.15) is 24.8 Å². The average molecular weight is 295 g/mol. The van der Waals surface area contributed by atoms with Crippen molar-refractivity contribution in [3.05, 3.63) is 34.9 Å². The Bertz CT molecular complexity index is 485. The number of hydrogen-bond acceptors (Lipinski definition) is 2. The largest absolute Gasteiger partial charge is 0.347 e. The van der Waals surface area contributed by atoms with Crippen molar-refractivity contribution in [1.29, 1.82) is 0 Å². The van der Waals surface area contributed by atoms with Gasteiger partial charge in [0.25, 0.3) is 0 Å². The molecule has 0 aromatic heterocycles. The monoisotopic (exact) mass is 294 g/mol. The van der Waals surface area contributed by atoms with Crippen molar-refractivity contribution < 1.29 is 9.59 Å². The molecule has 0 spiro atoms. The van der Waals surface area contributed by atoms with Gasteiger partial charge in [-0.25, -0.2) is 0 Å². The zero-order valence-electron chi connectivity index (χ0n) is 11.4. The second-order valence-corrected chi connectivity index (χ2v) is 5.36. The van der Waals surface area contributed by atoms with E-state index in [0.717, 1.165) is 31.5 Å². The van der Waals surface area contributed by atoms with Gasteiger partial charge in [0, 0.05) is 24.5 Å². The van der Waals surface area contributed by atoms with Crippen molar-refractivity contribution in [3.63, 3.8) is 0 Å². The summed E-state index contributed by atoms with van der Waals surface area (Å²) in [6.45, 7) is 1.73. The molecule has 0 saturated carbocycles. The first-order chi connectivity index (χ1) is 9.66. The molecule has 0 radical (unpaired) electrons. The van der Waals surface area contributed by atoms with Crippen molar-refractivity contribution >= 4 is 23.4 Å². The van der Waals surface area contributed by atoms with Gasteiger partial charge in [0.05, 0.1) is 6.54 Å². The van der Waals surface area contributed by atoms with E-state index < -0.39 is 0 Å². The molecule has 0 unspecified atom stereocenters. The van der Waals surface area contributed by atoms with Crippen LogP contribution in [0.2, 0.25) is 5.02 Å². The van der Waals surface area contributed by atoms with E-state index in [-0.39, 0.29) is 18.4 Å². The van der Waals surface area contributed by atoms with Crippen LogP contribution < -0.4 is 5.32 Å². The number of nitrogens with zero attached hydrogens (tertiary/aromatic N) is 1. The lowest BCUT2D eigenvalue weighted by Crippen LogP contribution is -2.38. The highest BCUT2D eigenvalue weighted by Crippen LogP contribution is 2.16. The lowest BCUT2D eigenvalue weighted by Gasteiger charge is -2.15. The van der Waals surface area contributed by atoms with Crippen LogP contribution in [0.25, 0.3) is 0 Å². The third kappa shape index (κ3) is 4.23. The fraction of sp³-hybridized carbons (Fsp3) is 0.467. The molecule has 1 aliphatic heterocycles. The molecule has 2 amide bonds. The highest BCUT2D eigenvalue weighted by atomic mass is 35.5. The molecule has 1 heterocycles. The zero-order valence-corrected chi connectivity index (χ0v) is 12.2. The summed E-state index contributed by atoms with van der Waals surface area (Å²) in [6.07, 6.45) is 3.05. The second kappa shape index (κ2) is 7.29. The maximum Gasteiger partial charge on any atom is 0.241 e. The predicted molar refractivity (Wildman–Crippen MR) is 78.6 cm³/mol. The molecule has 1 aromatic rings. The summed E-state index contributed by atoms with van der Waals surface area (Å²) in [6, 6.07) is 7.48. The lowest BCUT2D eigenvalue weighted by atomic mass is 10.1. The Labute approximate surface area is 124 Å². The van der Waals surface area contributed by atoms with Crippen LogP contribution in [0.3, 0.4) is 0 Å². The normalized spacial score (nSPS) is 14.3. The van der Waals surface area contributed by atoms with Crippen molar-refractivity contribution in [2.24, 2.45) is 0 Å². The third-order valence-corrected chi connectivity index (χ3v) is 3.84. The minimum atomic E-state index is -0.113. The van der Waals surface area contributed by atoms with Gasteiger partial charge < -0.3 is 10.2 Å². The number of likely N-dealkylation sites (tertiary alicyclic amines) is 1. The Morgan fingerprint density at radius 1 is 1.20 bits per heavy atom. The average Bonchev–Trinajstić information content (AvgIpc) is 2.98. The topological polar surface area (TPSA) is 49.4 Å². The summed E-state index contributed by atoms with van der Waals surface area (Å²) in [7, 11) is 0. The molecule has 1 aromatic carbocycles. The van der Waals surface area contributed by atoms with Gasteiger partial charge in [-0.3, -0.25) is 9.59 Å². The van der Waals surface area contributed by atoms with Crippen LogP contribution in [-0.2, 0) is 16.0 Å². The summed E-state index contributed by atoms with van der Waals surface area (Å²) >= 11 is 6.03. The van der Waals surface area contributed by atoms with Crippen LogP contribution in [0, 0.1) is 0 Å². The van der Waals surface area contributed by atoms with E-state index in [1.807, 2.05) is 24.3 Å². The van der Waals surface area contributed by atoms with E-state index >= 15 is 0 Å². The number of carbonyl (C=O) groups excluding carboxylic acids is 2. The van der Waals surface area contributed by atoms with Gasteiger partial charge in [-0.2, -0.15) is 0 Å². The van der Waals surface area contributed by atoms with Crippen molar-refractivity contribution in [2.75, 3.05) is 19.6 Å². The van der Waals surface area contributed by atoms with E-state index in [2.05, 4.69) is 5.32 Å². The van der Waals surface area contributed by atoms with Crippen LogP contribution in [0.15, 0.2) is 24.3 Å². The van der Waals surface area contributed by atoms with Gasteiger partial charge in [-0.15, -0.1) is 0 Å². The van der Waals surface area contributed by atoms with Gasteiger partial charge >= 0.3 is 0 Å². The molecule has 0 bridgehead atoms. The zero-order chi connectivity index (χ0) is 14.4. The highest BCUT2D eigenvalue weighted by molar-refractivity contribution is 6.31. The number of nitrogens with one attached hydrogen (secondary N) is 1. The molecule has 20 heavy (non-hydrogen) atoms. The molecule has 2 rings (SSSR count). The van der Waals surface area contributed by atoms with E-state index in [4.69, 9.17) is 11.6 Å². The minimum Gasteiger partial charge on any atom is -0.347 e. The molecule has 108 valence electrons. The first kappa shape index (κ1) is 14.9. The Morgan fingerprint density at radius 2 is 1.90 bits per heavy atom. The standard InChI is InChI=1S/C15H19ClN2O2/c16-13-6-2-1-5-12(13)7-8-14(19)17-11-15(20)18-9-3-4-10-18/h1-2,5-6H,3-4,7-11H2,(H,17,19). The van der Waals surface area contributed by atoms with Gasteiger partial charge in [0.1, 0.15) is 0 Å². The van der Waals surface area contributed by atoms with E-state index in [0.29, 0.717) is 17.9 Å². The molecule has 4 nitrogen and oxygen atoms in total. The summed E-state index contributed by atoms with van der Waals surface area (Å²) in [4.78, 5) is 25.3. The summed E-state index contributed by atoms with van der Waals surface area (Å²) in [5.74, 6) is -0.105. The van der Waals surface area contributed by atoms with Gasteiger partial charge in [-0.05, 0) is 30.9 Å². The lowest BCUT2D eigenvalue weighted by molar-refractivity contribution is -0.132. The summed E-state index contributed by atoms with van der Waals surface area (Å²) < 4.78 is 0. The van der Waals surface area contributed by atoms with Crippen molar-refractivity contribution in [1.82, 2.24) is 10.2 Å². The van der Waals surface area contributed by atoms with Crippen molar-refractivity contribution in [3.8, 4) is 0 Å². The fourth-order valence-electron chi connectivity index (χ4n) is 2.29. The molecule has 0 atom stereocenters. The van der Waals surface area contributed by atoms with Crippen LogP contribution in [0.4, 0.5) is 0 Å². The molecule has 1 aliphatic rings. The quantitative estimate of drug-likeness (QED) is 0.903. The van der Waals surface area contributed by atoms with Crippen LogP contribution in [0.5, 0.6) is 0 Å². The van der Waals surface area contributed by atoms with Crippen LogP contribution >= 0.6 is 11.6 Å². The molecule has 1 fully saturated rings. The number of hydrogen-bond donors (Lipinski definition) is 1. The van der Waals surface area contributed by atoms with E-state index in [9.17, 15) is 9.59 Å². The first-order valence-corrected chi connectivity index (χ1v) is 7.32. The Balaban J connectivity index is 1.70. The number of aryl methyl sites for hydroxylation is 1. The Hall–Kier alpha value is -1.55. The second-order valence-electron chi connectivity index (χ2n) is 4.96. The molecule has 5 heteroatoms. The van der Waals surface area contributed by atoms with E-state index in [1.54, 1.807) is 4.90 Å². The number of rotatable bonds is 5. The predicted octanol–water partition coefficient (Wildman–Crippen LogP) is 2.01. The number of benzene rings is 1. The fourth-order valence-corrected chi connectivity index (χ4v) is 2.52. The Kier molecular flexibility index (Phi) is 5.41. The van der Waals surface area contributed by atoms with Gasteiger partial charge in [0.15, 0.2) is 0 Å². The molecular formula is C15H19ClN2O2. The number of halogens is 1. The van der Waals surface area contributed by atoms with Gasteiger partial charge in [-0.1, -0.05) is 29.8 Å². The first-order valence-electron chi connectivity index (χ1n) is 6.94. The van der Waals surface area contributed by atoms with E-state index in [1.165, 1.54) is 0 Å². The maximum absolute atomic E-state index is 11.8. The number of amides is 2. The van der Waals surface area contributed by atoms with Crippen molar-refractivity contribution in [2.45, 2.75) is 25.7 Å². The summed E-state index contributed by atoms with van der Waals surface area (Å²) in [5.41, 5.74) is 0.954. The Morgan fingerprint density at radius 3 is 2.60 bits per heavy atom. The third-order valence-electron chi connectivity index (χ3n) is 3.47. The smallest absolute Gasteiger partial charge is 0.241 e. The molecule has 1 saturated heterocycles. The SMILES string of the molecule is O=C(CCc1ccccc1Cl)NCC(=O)N1CCCC1.